The maximum Gasteiger partial charge on any atom is 0.100 e. The van der Waals surface area contributed by atoms with Crippen LogP contribution in [0, 0.1) is 5.92 Å². The largest absolute Gasteiger partial charge is 0.374 e. The van der Waals surface area contributed by atoms with E-state index in [1.807, 2.05) is 0 Å². The van der Waals surface area contributed by atoms with Crippen molar-refractivity contribution in [2.45, 2.75) is 19.3 Å². The van der Waals surface area contributed by atoms with Crippen LogP contribution in [0.3, 0.4) is 0 Å². The minimum absolute atomic E-state index is 0.440. The van der Waals surface area contributed by atoms with E-state index in [1.165, 1.54) is 17.0 Å². The number of amidine groups is 1. The fourth-order valence-electron chi connectivity index (χ4n) is 2.89. The molecule has 1 aliphatic heterocycles. The summed E-state index contributed by atoms with van der Waals surface area (Å²) >= 11 is 0. The third kappa shape index (κ3) is 3.94. The second-order valence-corrected chi connectivity index (χ2v) is 5.62. The molecule has 0 aliphatic carbocycles. The van der Waals surface area contributed by atoms with E-state index in [4.69, 9.17) is 4.99 Å². The summed E-state index contributed by atoms with van der Waals surface area (Å²) in [7, 11) is 0. The van der Waals surface area contributed by atoms with Crippen LogP contribution in [-0.2, 0) is 12.8 Å². The molecule has 2 aromatic carbocycles. The van der Waals surface area contributed by atoms with Crippen LogP contribution in [0.25, 0.3) is 0 Å². The highest BCUT2D eigenvalue weighted by Crippen LogP contribution is 2.17. The molecule has 0 unspecified atom stereocenters. The molecule has 1 N–H and O–H groups in total. The first kappa shape index (κ1) is 13.9. The van der Waals surface area contributed by atoms with Crippen molar-refractivity contribution in [1.29, 1.82) is 0 Å². The summed E-state index contributed by atoms with van der Waals surface area (Å²) in [5, 5.41) is 3.51. The third-order valence-corrected chi connectivity index (χ3v) is 3.96. The molecule has 0 atom stereocenters. The summed E-state index contributed by atoms with van der Waals surface area (Å²) in [6.45, 7) is 2.02. The predicted molar refractivity (Wildman–Crippen MR) is 88.7 cm³/mol. The summed E-state index contributed by atoms with van der Waals surface area (Å²) in [6.07, 6.45) is 3.23. The lowest BCUT2D eigenvalue weighted by molar-refractivity contribution is 0.618. The van der Waals surface area contributed by atoms with Gasteiger partial charge in [0.1, 0.15) is 5.84 Å². The van der Waals surface area contributed by atoms with Gasteiger partial charge in [0.15, 0.2) is 0 Å². The highest BCUT2D eigenvalue weighted by Gasteiger charge is 2.18. The molecule has 2 aromatic rings. The highest BCUT2D eigenvalue weighted by atomic mass is 15.0. The smallest absolute Gasteiger partial charge is 0.100 e. The second kappa shape index (κ2) is 7.07. The Bertz CT molecular complexity index is 534. The average Bonchev–Trinajstić information content (AvgIpc) is 2.57. The number of hydrogen-bond acceptors (Lipinski definition) is 2. The van der Waals surface area contributed by atoms with Gasteiger partial charge in [-0.05, 0) is 30.4 Å². The number of aliphatic imine (C=N–C) groups is 1. The Labute approximate surface area is 126 Å². The average molecular weight is 278 g/mol. The molecule has 1 aliphatic rings. The van der Waals surface area contributed by atoms with Crippen molar-refractivity contribution >= 4 is 5.84 Å². The van der Waals surface area contributed by atoms with Crippen LogP contribution in [0.15, 0.2) is 65.7 Å². The molecule has 21 heavy (non-hydrogen) atoms. The molecular formula is C19H22N2. The molecule has 2 nitrogen and oxygen atoms in total. The van der Waals surface area contributed by atoms with Gasteiger partial charge in [0.2, 0.25) is 0 Å². The zero-order chi connectivity index (χ0) is 14.3. The molecule has 3 rings (SSSR count). The van der Waals surface area contributed by atoms with Crippen LogP contribution < -0.4 is 5.32 Å². The van der Waals surface area contributed by atoms with Crippen molar-refractivity contribution in [3.05, 3.63) is 71.8 Å². The van der Waals surface area contributed by atoms with Gasteiger partial charge in [0.25, 0.3) is 0 Å². The van der Waals surface area contributed by atoms with Crippen LogP contribution in [0.2, 0.25) is 0 Å². The quantitative estimate of drug-likeness (QED) is 0.889. The first-order valence-electron chi connectivity index (χ1n) is 7.78. The Hall–Kier alpha value is -2.09. The van der Waals surface area contributed by atoms with E-state index in [9.17, 15) is 0 Å². The number of hydrogen-bond donors (Lipinski definition) is 1. The lowest BCUT2D eigenvalue weighted by atomic mass is 9.91. The van der Waals surface area contributed by atoms with Crippen molar-refractivity contribution in [3.8, 4) is 0 Å². The number of nitrogens with one attached hydrogen (secondary N) is 1. The Kier molecular flexibility index (Phi) is 4.67. The lowest BCUT2D eigenvalue weighted by Crippen LogP contribution is -2.37. The molecule has 0 radical (unpaired) electrons. The van der Waals surface area contributed by atoms with E-state index < -0.39 is 0 Å². The van der Waals surface area contributed by atoms with Crippen molar-refractivity contribution < 1.29 is 0 Å². The van der Waals surface area contributed by atoms with Crippen molar-refractivity contribution in [3.63, 3.8) is 0 Å². The maximum absolute atomic E-state index is 4.73. The van der Waals surface area contributed by atoms with Gasteiger partial charge in [0.05, 0.1) is 0 Å². The third-order valence-electron chi connectivity index (χ3n) is 3.96. The number of rotatable bonds is 5. The highest BCUT2D eigenvalue weighted by molar-refractivity contribution is 5.85. The van der Waals surface area contributed by atoms with Crippen molar-refractivity contribution in [2.75, 3.05) is 13.1 Å². The zero-order valence-corrected chi connectivity index (χ0v) is 12.3. The standard InChI is InChI=1S/C19H22N2/c1-3-8-16(9-4-1)14-18(19-20-12-7-13-21-19)15-17-10-5-2-6-11-17/h1-6,8-11,18H,7,12-15H2,(H,20,21). The van der Waals surface area contributed by atoms with Gasteiger partial charge in [-0.15, -0.1) is 0 Å². The SMILES string of the molecule is c1ccc(CC(Cc2ccccc2)C2=NCCCN2)cc1. The lowest BCUT2D eigenvalue weighted by Gasteiger charge is -2.24. The predicted octanol–water partition coefficient (Wildman–Crippen LogP) is 3.48. The van der Waals surface area contributed by atoms with Crippen molar-refractivity contribution in [1.82, 2.24) is 5.32 Å². The fourth-order valence-corrected chi connectivity index (χ4v) is 2.89. The number of nitrogens with zero attached hydrogens (tertiary/aromatic N) is 1. The number of benzene rings is 2. The van der Waals surface area contributed by atoms with E-state index in [2.05, 4.69) is 66.0 Å². The van der Waals surface area contributed by atoms with Crippen LogP contribution in [0.1, 0.15) is 17.5 Å². The molecular weight excluding hydrogens is 256 g/mol. The molecule has 1 heterocycles. The summed E-state index contributed by atoms with van der Waals surface area (Å²) < 4.78 is 0. The Morgan fingerprint density at radius 3 is 1.90 bits per heavy atom. The minimum Gasteiger partial charge on any atom is -0.374 e. The fraction of sp³-hybridized carbons (Fsp3) is 0.316. The molecule has 0 saturated carbocycles. The monoisotopic (exact) mass is 278 g/mol. The molecule has 0 bridgehead atoms. The van der Waals surface area contributed by atoms with E-state index in [0.29, 0.717) is 5.92 Å². The normalized spacial score (nSPS) is 14.6. The first-order valence-corrected chi connectivity index (χ1v) is 7.78. The van der Waals surface area contributed by atoms with E-state index in [1.54, 1.807) is 0 Å². The zero-order valence-electron chi connectivity index (χ0n) is 12.3. The molecule has 2 heteroatoms. The summed E-state index contributed by atoms with van der Waals surface area (Å²) in [5.74, 6) is 1.63. The minimum atomic E-state index is 0.440. The van der Waals surface area contributed by atoms with Gasteiger partial charge < -0.3 is 5.32 Å². The Morgan fingerprint density at radius 1 is 0.857 bits per heavy atom. The van der Waals surface area contributed by atoms with Crippen LogP contribution in [0.5, 0.6) is 0 Å². The molecule has 0 spiro atoms. The molecule has 0 saturated heterocycles. The molecule has 0 amide bonds. The summed E-state index contributed by atoms with van der Waals surface area (Å²) in [5.41, 5.74) is 2.77. The van der Waals surface area contributed by atoms with E-state index >= 15 is 0 Å². The van der Waals surface area contributed by atoms with E-state index in [0.717, 1.165) is 32.4 Å². The van der Waals surface area contributed by atoms with E-state index in [-0.39, 0.29) is 0 Å². The molecule has 108 valence electrons. The Balaban J connectivity index is 1.79. The van der Waals surface area contributed by atoms with Gasteiger partial charge in [-0.1, -0.05) is 60.7 Å². The topological polar surface area (TPSA) is 24.4 Å². The van der Waals surface area contributed by atoms with Gasteiger partial charge in [-0.25, -0.2) is 0 Å². The van der Waals surface area contributed by atoms with Gasteiger partial charge in [-0.2, -0.15) is 0 Å². The summed E-state index contributed by atoms with van der Waals surface area (Å²) in [6, 6.07) is 21.5. The van der Waals surface area contributed by atoms with Crippen LogP contribution >= 0.6 is 0 Å². The second-order valence-electron chi connectivity index (χ2n) is 5.62. The summed E-state index contributed by atoms with van der Waals surface area (Å²) in [4.78, 5) is 4.73. The van der Waals surface area contributed by atoms with Gasteiger partial charge in [-0.3, -0.25) is 4.99 Å². The first-order chi connectivity index (χ1) is 10.4. The van der Waals surface area contributed by atoms with Gasteiger partial charge >= 0.3 is 0 Å². The van der Waals surface area contributed by atoms with Crippen LogP contribution in [0.4, 0.5) is 0 Å². The van der Waals surface area contributed by atoms with Crippen molar-refractivity contribution in [2.24, 2.45) is 10.9 Å². The Morgan fingerprint density at radius 2 is 1.43 bits per heavy atom. The van der Waals surface area contributed by atoms with Crippen LogP contribution in [-0.4, -0.2) is 18.9 Å². The maximum atomic E-state index is 4.73. The molecule has 0 fully saturated rings. The molecule has 0 aromatic heterocycles. The van der Waals surface area contributed by atoms with Gasteiger partial charge in [0, 0.05) is 19.0 Å².